The van der Waals surface area contributed by atoms with E-state index < -0.39 is 10.0 Å². The maximum absolute atomic E-state index is 12.3. The fourth-order valence-corrected chi connectivity index (χ4v) is 5.07. The van der Waals surface area contributed by atoms with Crippen LogP contribution in [0.4, 0.5) is 5.69 Å². The molecule has 0 spiro atoms. The first-order valence-electron chi connectivity index (χ1n) is 8.92. The van der Waals surface area contributed by atoms with Gasteiger partial charge in [-0.2, -0.15) is 0 Å². The fourth-order valence-electron chi connectivity index (χ4n) is 3.19. The Morgan fingerprint density at radius 3 is 2.24 bits per heavy atom. The van der Waals surface area contributed by atoms with Gasteiger partial charge in [0.25, 0.3) is 5.91 Å². The molecule has 0 atom stereocenters. The number of anilines is 1. The monoisotopic (exact) mass is 365 g/mol. The number of amides is 1. The van der Waals surface area contributed by atoms with Crippen LogP contribution in [0.15, 0.2) is 24.3 Å². The number of carbonyl (C=O) groups is 1. The molecule has 1 aromatic rings. The Kier molecular flexibility index (Phi) is 5.34. The van der Waals surface area contributed by atoms with E-state index in [9.17, 15) is 13.2 Å². The molecule has 0 radical (unpaired) electrons. The van der Waals surface area contributed by atoms with Crippen LogP contribution in [0.2, 0.25) is 0 Å². The van der Waals surface area contributed by atoms with Crippen LogP contribution in [0.3, 0.4) is 0 Å². The lowest BCUT2D eigenvalue weighted by molar-refractivity contribution is 0.0941. The zero-order valence-corrected chi connectivity index (χ0v) is 15.8. The summed E-state index contributed by atoms with van der Waals surface area (Å²) in [6, 6.07) is 7.51. The van der Waals surface area contributed by atoms with Crippen molar-refractivity contribution >= 4 is 21.6 Å². The van der Waals surface area contributed by atoms with Crippen LogP contribution in [0.5, 0.6) is 0 Å². The average Bonchev–Trinajstić information content (AvgIpc) is 3.46. The molecule has 1 heterocycles. The summed E-state index contributed by atoms with van der Waals surface area (Å²) in [6.45, 7) is 1.76. The number of sulfonamides is 1. The van der Waals surface area contributed by atoms with E-state index in [2.05, 4.69) is 5.32 Å². The Labute approximate surface area is 150 Å². The molecule has 1 aliphatic carbocycles. The first-order chi connectivity index (χ1) is 11.9. The van der Waals surface area contributed by atoms with Crippen molar-refractivity contribution in [2.45, 2.75) is 30.9 Å². The molecular weight excluding hydrogens is 338 g/mol. The SMILES string of the molecule is CN(C)c1ccc(C(=O)NCC2CCN(S(=O)(=O)C3CC3)CC2)cc1. The third kappa shape index (κ3) is 4.33. The van der Waals surface area contributed by atoms with E-state index >= 15 is 0 Å². The minimum Gasteiger partial charge on any atom is -0.378 e. The van der Waals surface area contributed by atoms with Crippen molar-refractivity contribution in [1.82, 2.24) is 9.62 Å². The highest BCUT2D eigenvalue weighted by molar-refractivity contribution is 7.90. The number of rotatable bonds is 6. The van der Waals surface area contributed by atoms with Crippen molar-refractivity contribution in [3.63, 3.8) is 0 Å². The molecule has 1 amide bonds. The molecule has 2 aliphatic rings. The van der Waals surface area contributed by atoms with Crippen LogP contribution in [0.25, 0.3) is 0 Å². The maximum atomic E-state index is 12.3. The van der Waals surface area contributed by atoms with Crippen LogP contribution in [-0.2, 0) is 10.0 Å². The summed E-state index contributed by atoms with van der Waals surface area (Å²) in [5.74, 6) is 0.272. The molecule has 1 aliphatic heterocycles. The third-order valence-corrected chi connectivity index (χ3v) is 7.47. The Balaban J connectivity index is 1.45. The molecule has 138 valence electrons. The van der Waals surface area contributed by atoms with Crippen LogP contribution < -0.4 is 10.2 Å². The Bertz CT molecular complexity index is 704. The molecule has 7 heteroatoms. The highest BCUT2D eigenvalue weighted by Gasteiger charge is 2.41. The van der Waals surface area contributed by atoms with Gasteiger partial charge in [-0.05, 0) is 55.9 Å². The molecule has 1 aromatic carbocycles. The largest absolute Gasteiger partial charge is 0.378 e. The lowest BCUT2D eigenvalue weighted by Gasteiger charge is -2.31. The quantitative estimate of drug-likeness (QED) is 0.833. The molecule has 1 saturated carbocycles. The smallest absolute Gasteiger partial charge is 0.251 e. The predicted octanol–water partition coefficient (Wildman–Crippen LogP) is 1.69. The van der Waals surface area contributed by atoms with Gasteiger partial charge in [-0.3, -0.25) is 4.79 Å². The zero-order valence-electron chi connectivity index (χ0n) is 14.9. The lowest BCUT2D eigenvalue weighted by atomic mass is 9.98. The standard InChI is InChI=1S/C18H27N3O3S/c1-20(2)16-5-3-15(4-6-16)18(22)19-13-14-9-11-21(12-10-14)25(23,24)17-7-8-17/h3-6,14,17H,7-13H2,1-2H3,(H,19,22). The highest BCUT2D eigenvalue weighted by atomic mass is 32.2. The van der Waals surface area contributed by atoms with Gasteiger partial charge in [-0.25, -0.2) is 12.7 Å². The van der Waals surface area contributed by atoms with Crippen LogP contribution in [0.1, 0.15) is 36.0 Å². The van der Waals surface area contributed by atoms with Crippen molar-refractivity contribution < 1.29 is 13.2 Å². The first kappa shape index (κ1) is 18.2. The number of benzene rings is 1. The van der Waals surface area contributed by atoms with E-state index in [4.69, 9.17) is 0 Å². The summed E-state index contributed by atoms with van der Waals surface area (Å²) < 4.78 is 26.1. The summed E-state index contributed by atoms with van der Waals surface area (Å²) in [4.78, 5) is 14.2. The number of hydrogen-bond donors (Lipinski definition) is 1. The summed E-state index contributed by atoms with van der Waals surface area (Å²) in [5, 5.41) is 2.85. The second-order valence-electron chi connectivity index (χ2n) is 7.24. The Morgan fingerprint density at radius 2 is 1.72 bits per heavy atom. The molecule has 1 saturated heterocycles. The molecule has 0 aromatic heterocycles. The van der Waals surface area contributed by atoms with Gasteiger partial charge in [-0.1, -0.05) is 0 Å². The van der Waals surface area contributed by atoms with E-state index in [1.54, 1.807) is 4.31 Å². The number of nitrogens with zero attached hydrogens (tertiary/aromatic N) is 2. The molecule has 1 N–H and O–H groups in total. The van der Waals surface area contributed by atoms with Gasteiger partial charge in [0.05, 0.1) is 5.25 Å². The average molecular weight is 365 g/mol. The molecule has 6 nitrogen and oxygen atoms in total. The van der Waals surface area contributed by atoms with Crippen molar-refractivity contribution in [3.8, 4) is 0 Å². The third-order valence-electron chi connectivity index (χ3n) is 5.08. The Morgan fingerprint density at radius 1 is 1.12 bits per heavy atom. The molecular formula is C18H27N3O3S. The number of piperidine rings is 1. The van der Waals surface area contributed by atoms with Crippen molar-refractivity contribution in [3.05, 3.63) is 29.8 Å². The summed E-state index contributed by atoms with van der Waals surface area (Å²) in [7, 11) is 0.871. The zero-order chi connectivity index (χ0) is 18.0. The Hall–Kier alpha value is -1.60. The number of carbonyl (C=O) groups excluding carboxylic acids is 1. The van der Waals surface area contributed by atoms with Crippen LogP contribution in [0, 0.1) is 5.92 Å². The minimum atomic E-state index is -3.06. The van der Waals surface area contributed by atoms with Crippen LogP contribution >= 0.6 is 0 Å². The normalized spacial score (nSPS) is 19.6. The molecule has 25 heavy (non-hydrogen) atoms. The lowest BCUT2D eigenvalue weighted by Crippen LogP contribution is -2.42. The van der Waals surface area contributed by atoms with Gasteiger partial charge in [-0.15, -0.1) is 0 Å². The summed E-state index contributed by atoms with van der Waals surface area (Å²) in [6.07, 6.45) is 3.24. The number of hydrogen-bond acceptors (Lipinski definition) is 4. The maximum Gasteiger partial charge on any atom is 0.251 e. The molecule has 2 fully saturated rings. The van der Waals surface area contributed by atoms with Crippen LogP contribution in [-0.4, -0.2) is 57.6 Å². The van der Waals surface area contributed by atoms with Gasteiger partial charge in [0, 0.05) is 45.0 Å². The van der Waals surface area contributed by atoms with Crippen molar-refractivity contribution in [1.29, 1.82) is 0 Å². The summed E-state index contributed by atoms with van der Waals surface area (Å²) in [5.41, 5.74) is 1.71. The van der Waals surface area contributed by atoms with Crippen molar-refractivity contribution in [2.75, 3.05) is 38.6 Å². The fraction of sp³-hybridized carbons (Fsp3) is 0.611. The highest BCUT2D eigenvalue weighted by Crippen LogP contribution is 2.33. The van der Waals surface area contributed by atoms with E-state index in [-0.39, 0.29) is 11.2 Å². The van der Waals surface area contributed by atoms with E-state index in [1.165, 1.54) is 0 Å². The van der Waals surface area contributed by atoms with E-state index in [0.29, 0.717) is 31.1 Å². The molecule has 3 rings (SSSR count). The predicted molar refractivity (Wildman–Crippen MR) is 99.3 cm³/mol. The van der Waals surface area contributed by atoms with Gasteiger partial charge in [0.2, 0.25) is 10.0 Å². The summed E-state index contributed by atoms with van der Waals surface area (Å²) >= 11 is 0. The second kappa shape index (κ2) is 7.33. The second-order valence-corrected chi connectivity index (χ2v) is 9.45. The van der Waals surface area contributed by atoms with E-state index in [1.807, 2.05) is 43.3 Å². The topological polar surface area (TPSA) is 69.7 Å². The van der Waals surface area contributed by atoms with E-state index in [0.717, 1.165) is 31.4 Å². The van der Waals surface area contributed by atoms with Gasteiger partial charge in [0.15, 0.2) is 0 Å². The number of nitrogens with one attached hydrogen (secondary N) is 1. The molecule has 0 bridgehead atoms. The molecule has 0 unspecified atom stereocenters. The van der Waals surface area contributed by atoms with Gasteiger partial charge in [0.1, 0.15) is 0 Å². The van der Waals surface area contributed by atoms with Crippen molar-refractivity contribution in [2.24, 2.45) is 5.92 Å². The first-order valence-corrected chi connectivity index (χ1v) is 10.4. The van der Waals surface area contributed by atoms with Gasteiger partial charge >= 0.3 is 0 Å². The van der Waals surface area contributed by atoms with Gasteiger partial charge < -0.3 is 10.2 Å². The minimum absolute atomic E-state index is 0.0710.